The number of nitrogens with zero attached hydrogens (tertiary/aromatic N) is 1. The second-order valence-electron chi connectivity index (χ2n) is 3.25. The van der Waals surface area contributed by atoms with Gasteiger partial charge in [0.25, 0.3) is 0 Å². The molecule has 0 saturated heterocycles. The summed E-state index contributed by atoms with van der Waals surface area (Å²) in [5.74, 6) is 5.32. The maximum absolute atomic E-state index is 8.92. The molecule has 0 aliphatic carbocycles. The standard InChI is InChI=1S/C10H13N3/c1-8-3-5-9(6-4-8)10(2,7-11)13-12/h3-6,13H,12H2,1-2H3. The molecule has 1 aromatic rings. The molecule has 0 aliphatic heterocycles. The maximum atomic E-state index is 8.92. The van der Waals surface area contributed by atoms with Gasteiger partial charge < -0.3 is 0 Å². The van der Waals surface area contributed by atoms with Gasteiger partial charge in [-0.3, -0.25) is 5.84 Å². The third-order valence-corrected chi connectivity index (χ3v) is 2.14. The van der Waals surface area contributed by atoms with E-state index in [1.165, 1.54) is 5.56 Å². The van der Waals surface area contributed by atoms with Crippen LogP contribution in [0.1, 0.15) is 18.1 Å². The molecule has 0 bridgehead atoms. The molecule has 0 radical (unpaired) electrons. The van der Waals surface area contributed by atoms with Gasteiger partial charge in [0, 0.05) is 0 Å². The highest BCUT2D eigenvalue weighted by atomic mass is 15.3. The molecule has 1 rings (SSSR count). The highest BCUT2D eigenvalue weighted by Gasteiger charge is 2.23. The lowest BCUT2D eigenvalue weighted by Crippen LogP contribution is -2.42. The molecule has 1 aromatic carbocycles. The van der Waals surface area contributed by atoms with Gasteiger partial charge in [0.05, 0.1) is 6.07 Å². The monoisotopic (exact) mass is 175 g/mol. The zero-order chi connectivity index (χ0) is 9.90. The topological polar surface area (TPSA) is 61.8 Å². The van der Waals surface area contributed by atoms with Crippen LogP contribution >= 0.6 is 0 Å². The van der Waals surface area contributed by atoms with Crippen molar-refractivity contribution in [3.8, 4) is 6.07 Å². The highest BCUT2D eigenvalue weighted by molar-refractivity contribution is 5.32. The van der Waals surface area contributed by atoms with E-state index < -0.39 is 5.54 Å². The van der Waals surface area contributed by atoms with Crippen LogP contribution in [0.3, 0.4) is 0 Å². The number of hydrogen-bond acceptors (Lipinski definition) is 3. The Morgan fingerprint density at radius 1 is 1.38 bits per heavy atom. The summed E-state index contributed by atoms with van der Waals surface area (Å²) in [4.78, 5) is 0. The molecule has 0 fully saturated rings. The fraction of sp³-hybridized carbons (Fsp3) is 0.300. The van der Waals surface area contributed by atoms with Crippen LogP contribution in [0.25, 0.3) is 0 Å². The van der Waals surface area contributed by atoms with E-state index in [1.54, 1.807) is 6.92 Å². The Hall–Kier alpha value is -1.37. The van der Waals surface area contributed by atoms with Crippen LogP contribution in [0.15, 0.2) is 24.3 Å². The predicted molar refractivity (Wildman–Crippen MR) is 51.5 cm³/mol. The highest BCUT2D eigenvalue weighted by Crippen LogP contribution is 2.18. The van der Waals surface area contributed by atoms with Crippen LogP contribution in [0.5, 0.6) is 0 Å². The molecule has 0 amide bonds. The normalized spacial score (nSPS) is 14.6. The number of hydrogen-bond donors (Lipinski definition) is 2. The summed E-state index contributed by atoms with van der Waals surface area (Å²) in [6, 6.07) is 9.85. The molecule has 0 heterocycles. The third kappa shape index (κ3) is 1.86. The molecule has 68 valence electrons. The fourth-order valence-corrected chi connectivity index (χ4v) is 1.07. The molecule has 3 N–H and O–H groups in total. The number of aryl methyl sites for hydroxylation is 1. The van der Waals surface area contributed by atoms with Crippen molar-refractivity contribution in [2.75, 3.05) is 0 Å². The summed E-state index contributed by atoms with van der Waals surface area (Å²) in [5, 5.41) is 8.92. The van der Waals surface area contributed by atoms with Crippen LogP contribution in [0, 0.1) is 18.3 Å². The van der Waals surface area contributed by atoms with Gasteiger partial charge in [0.1, 0.15) is 5.54 Å². The second kappa shape index (κ2) is 3.56. The van der Waals surface area contributed by atoms with Crippen molar-refractivity contribution >= 4 is 0 Å². The Bertz CT molecular complexity index is 323. The van der Waals surface area contributed by atoms with Gasteiger partial charge in [-0.2, -0.15) is 5.26 Å². The molecule has 0 spiro atoms. The van der Waals surface area contributed by atoms with Crippen LogP contribution in [0.4, 0.5) is 0 Å². The van der Waals surface area contributed by atoms with E-state index in [0.29, 0.717) is 0 Å². The largest absolute Gasteiger partial charge is 0.270 e. The van der Waals surface area contributed by atoms with E-state index in [9.17, 15) is 0 Å². The molecule has 13 heavy (non-hydrogen) atoms. The first-order valence-corrected chi connectivity index (χ1v) is 4.08. The number of benzene rings is 1. The zero-order valence-electron chi connectivity index (χ0n) is 7.83. The smallest absolute Gasteiger partial charge is 0.141 e. The van der Waals surface area contributed by atoms with E-state index in [0.717, 1.165) is 5.56 Å². The number of nitrogens with two attached hydrogens (primary N) is 1. The summed E-state index contributed by atoms with van der Waals surface area (Å²) < 4.78 is 0. The van der Waals surface area contributed by atoms with E-state index in [2.05, 4.69) is 11.5 Å². The SMILES string of the molecule is Cc1ccc(C(C)(C#N)NN)cc1. The molecule has 0 saturated carbocycles. The number of hydrazine groups is 1. The summed E-state index contributed by atoms with van der Waals surface area (Å²) in [7, 11) is 0. The summed E-state index contributed by atoms with van der Waals surface area (Å²) in [6.45, 7) is 3.75. The number of rotatable bonds is 2. The Labute approximate surface area is 78.1 Å². The minimum absolute atomic E-state index is 0.798. The Balaban J connectivity index is 3.08. The Kier molecular flexibility index (Phi) is 2.66. The average Bonchev–Trinajstić information content (AvgIpc) is 2.18. The third-order valence-electron chi connectivity index (χ3n) is 2.14. The Morgan fingerprint density at radius 2 is 1.92 bits per heavy atom. The molecule has 0 aliphatic rings. The minimum atomic E-state index is -0.798. The van der Waals surface area contributed by atoms with Crippen LogP contribution < -0.4 is 11.3 Å². The minimum Gasteiger partial charge on any atom is -0.270 e. The van der Waals surface area contributed by atoms with Crippen LogP contribution in [0.2, 0.25) is 0 Å². The molecular formula is C10H13N3. The van der Waals surface area contributed by atoms with Crippen molar-refractivity contribution in [3.05, 3.63) is 35.4 Å². The average molecular weight is 175 g/mol. The van der Waals surface area contributed by atoms with Gasteiger partial charge >= 0.3 is 0 Å². The summed E-state index contributed by atoms with van der Waals surface area (Å²) in [6.07, 6.45) is 0. The molecule has 3 heteroatoms. The van der Waals surface area contributed by atoms with Gasteiger partial charge in [0.2, 0.25) is 0 Å². The predicted octanol–water partition coefficient (Wildman–Crippen LogP) is 1.20. The molecule has 3 nitrogen and oxygen atoms in total. The lowest BCUT2D eigenvalue weighted by atomic mass is 9.94. The first kappa shape index (κ1) is 9.72. The molecular weight excluding hydrogens is 162 g/mol. The van der Waals surface area contributed by atoms with Crippen molar-refractivity contribution in [1.29, 1.82) is 5.26 Å². The zero-order valence-corrected chi connectivity index (χ0v) is 7.83. The van der Waals surface area contributed by atoms with Crippen molar-refractivity contribution in [2.45, 2.75) is 19.4 Å². The second-order valence-corrected chi connectivity index (χ2v) is 3.25. The molecule has 0 aromatic heterocycles. The quantitative estimate of drug-likeness (QED) is 0.524. The van der Waals surface area contributed by atoms with Crippen molar-refractivity contribution in [1.82, 2.24) is 5.43 Å². The lowest BCUT2D eigenvalue weighted by Gasteiger charge is -2.20. The first-order valence-electron chi connectivity index (χ1n) is 4.08. The number of nitrogens with one attached hydrogen (secondary N) is 1. The van der Waals surface area contributed by atoms with E-state index in [4.69, 9.17) is 11.1 Å². The van der Waals surface area contributed by atoms with Gasteiger partial charge in [-0.25, -0.2) is 5.43 Å². The molecule has 1 atom stereocenters. The Morgan fingerprint density at radius 3 is 2.31 bits per heavy atom. The van der Waals surface area contributed by atoms with Gasteiger partial charge in [-0.05, 0) is 19.4 Å². The van der Waals surface area contributed by atoms with Gasteiger partial charge in [-0.15, -0.1) is 0 Å². The van der Waals surface area contributed by atoms with Crippen LogP contribution in [-0.4, -0.2) is 0 Å². The number of nitriles is 1. The molecule has 1 unspecified atom stereocenters. The van der Waals surface area contributed by atoms with E-state index >= 15 is 0 Å². The van der Waals surface area contributed by atoms with Crippen molar-refractivity contribution in [2.24, 2.45) is 5.84 Å². The first-order chi connectivity index (χ1) is 6.12. The van der Waals surface area contributed by atoms with Gasteiger partial charge in [-0.1, -0.05) is 29.8 Å². The van der Waals surface area contributed by atoms with Crippen molar-refractivity contribution in [3.63, 3.8) is 0 Å². The summed E-state index contributed by atoms with van der Waals surface area (Å²) in [5.41, 5.74) is 3.75. The lowest BCUT2D eigenvalue weighted by molar-refractivity contribution is 0.482. The van der Waals surface area contributed by atoms with Crippen molar-refractivity contribution < 1.29 is 0 Å². The van der Waals surface area contributed by atoms with E-state index in [-0.39, 0.29) is 0 Å². The van der Waals surface area contributed by atoms with Gasteiger partial charge in [0.15, 0.2) is 0 Å². The van der Waals surface area contributed by atoms with E-state index in [1.807, 2.05) is 31.2 Å². The fourth-order valence-electron chi connectivity index (χ4n) is 1.07. The summed E-state index contributed by atoms with van der Waals surface area (Å²) >= 11 is 0. The maximum Gasteiger partial charge on any atom is 0.141 e. The van der Waals surface area contributed by atoms with Crippen LogP contribution in [-0.2, 0) is 5.54 Å².